The van der Waals surface area contributed by atoms with E-state index in [1.165, 1.54) is 44.0 Å². The van der Waals surface area contributed by atoms with Gasteiger partial charge < -0.3 is 34.4 Å². The molecule has 5 N–H and O–H groups in total. The quantitative estimate of drug-likeness (QED) is 0.0429. The van der Waals surface area contributed by atoms with Gasteiger partial charge in [0.25, 0.3) is 30.5 Å². The zero-order valence-electron chi connectivity index (χ0n) is 45.3. The Labute approximate surface area is 487 Å². The summed E-state index contributed by atoms with van der Waals surface area (Å²) < 4.78 is 98.6. The fourth-order valence-corrected chi connectivity index (χ4v) is 12.1. The third kappa shape index (κ3) is 18.0. The number of halogens is 2. The Balaban J connectivity index is 0.000000237. The van der Waals surface area contributed by atoms with Gasteiger partial charge in [-0.25, -0.2) is 9.27 Å². The number of aromatic nitrogens is 4. The Morgan fingerprint density at radius 3 is 1.27 bits per heavy atom. The molecule has 6 aromatic rings. The lowest BCUT2D eigenvalue weighted by Crippen LogP contribution is -2.54. The first-order chi connectivity index (χ1) is 39.0. The molecule has 2 aliphatic rings. The van der Waals surface area contributed by atoms with Crippen molar-refractivity contribution in [3.8, 4) is 22.9 Å². The van der Waals surface area contributed by atoms with E-state index < -0.39 is 55.8 Å². The van der Waals surface area contributed by atoms with Crippen molar-refractivity contribution >= 4 is 79.2 Å². The monoisotopic (exact) mass is 1230 g/mol. The molecular weight excluding hydrogens is 1170 g/mol. The molecule has 8 rings (SSSR count). The normalized spacial score (nSPS) is 14.5. The van der Waals surface area contributed by atoms with Crippen LogP contribution in [0.1, 0.15) is 22.3 Å². The van der Waals surface area contributed by atoms with Crippen LogP contribution in [-0.2, 0) is 60.4 Å². The maximum Gasteiger partial charge on any atom is 0.388 e. The number of ether oxygens (including phenoxy) is 2. The first kappa shape index (κ1) is 63.7. The van der Waals surface area contributed by atoms with Crippen LogP contribution in [-0.4, -0.2) is 168 Å². The van der Waals surface area contributed by atoms with Gasteiger partial charge in [0.15, 0.2) is 0 Å². The van der Waals surface area contributed by atoms with Crippen LogP contribution in [0.5, 0.6) is 11.5 Å². The number of nitrogens with one attached hydrogen (secondary N) is 2. The van der Waals surface area contributed by atoms with Crippen molar-refractivity contribution in [2.24, 2.45) is 0 Å². The number of anilines is 2. The lowest BCUT2D eigenvalue weighted by molar-refractivity contribution is 0.299. The smallest absolute Gasteiger partial charge is 0.388 e. The molecule has 82 heavy (non-hydrogen) atoms. The summed E-state index contributed by atoms with van der Waals surface area (Å²) in [6, 6.07) is 28.8. The molecule has 31 heteroatoms. The van der Waals surface area contributed by atoms with Gasteiger partial charge in [-0.15, -0.1) is 0 Å². The third-order valence-electron chi connectivity index (χ3n) is 12.8. The van der Waals surface area contributed by atoms with E-state index in [-0.39, 0.29) is 77.2 Å². The number of benzene rings is 4. The summed E-state index contributed by atoms with van der Waals surface area (Å²) in [5.41, 5.74) is 4.71. The van der Waals surface area contributed by atoms with E-state index in [4.69, 9.17) is 36.9 Å². The van der Waals surface area contributed by atoms with Crippen LogP contribution >= 0.6 is 23.2 Å². The van der Waals surface area contributed by atoms with Crippen LogP contribution in [0, 0.1) is 0 Å². The van der Waals surface area contributed by atoms with E-state index >= 15 is 0 Å². The van der Waals surface area contributed by atoms with Gasteiger partial charge in [0, 0.05) is 81.9 Å². The van der Waals surface area contributed by atoms with Crippen molar-refractivity contribution in [2.75, 3.05) is 94.8 Å². The van der Waals surface area contributed by atoms with Gasteiger partial charge in [-0.1, -0.05) is 83.9 Å². The fraction of sp³-hybridized carbons (Fsp3) is 0.373. The molecule has 2 fully saturated rings. The second kappa shape index (κ2) is 29.1. The highest BCUT2D eigenvalue weighted by Gasteiger charge is 2.32. The highest BCUT2D eigenvalue weighted by molar-refractivity contribution is 7.88. The molecule has 0 spiro atoms. The Kier molecular flexibility index (Phi) is 22.6. The molecule has 4 aromatic carbocycles. The SMILES string of the molecule is CB(O)NS(=O)(=O)N1CCN(c2cnn(-c3cccc(Cl)c3)c(=O)c2OCCc2cccc(CCO)c2)CC1.CB(O)NS(=O)(=O)N1CCN(c2cnn(-c3cccc(Cl)c3)c(=O)c2OCCc2cccc(CCOS(C)(=O)=O)c2)CC1. The number of aliphatic hydroxyl groups is 1. The third-order valence-corrected chi connectivity index (χ3v) is 17.2. The van der Waals surface area contributed by atoms with E-state index in [1.54, 1.807) is 48.5 Å². The minimum absolute atomic E-state index is 0.0336. The van der Waals surface area contributed by atoms with Gasteiger partial charge in [-0.05, 0) is 85.1 Å². The maximum absolute atomic E-state index is 13.7. The highest BCUT2D eigenvalue weighted by atomic mass is 35.5. The van der Waals surface area contributed by atoms with Crippen molar-refractivity contribution in [3.63, 3.8) is 0 Å². The summed E-state index contributed by atoms with van der Waals surface area (Å²) in [7, 11) is -13.7. The van der Waals surface area contributed by atoms with E-state index in [2.05, 4.69) is 19.5 Å². The summed E-state index contributed by atoms with van der Waals surface area (Å²) in [4.78, 5) is 31.0. The standard InChI is InChI=1S/C26H33BClN5O8S2.C25H31BClN5O6S/c1-27(35)30-43(38,39)32-13-11-31(12-14-32)24-19-29-33(23-8-4-7-22(28)18-23)26(34)25(24)40-15-9-20-5-3-6-21(17-20)10-16-41-42(2,36)37;1-26(35)29-39(36,37)31-12-10-30(11-13-31)23-18-28-32(22-7-3-6-21(27)17-22)25(34)24(23)38-15-9-20-5-2-4-19(16-20)8-14-33/h3-8,17-19,30,35H,9-16H2,1-2H3;2-7,16-18,29,33,35H,8-15H2,1H3. The maximum atomic E-state index is 13.7. The highest BCUT2D eigenvalue weighted by Crippen LogP contribution is 2.29. The average molecular weight is 1230 g/mol. The lowest BCUT2D eigenvalue weighted by Gasteiger charge is -2.35. The van der Waals surface area contributed by atoms with E-state index in [0.717, 1.165) is 28.5 Å². The summed E-state index contributed by atoms with van der Waals surface area (Å²) in [5, 5.41) is 37.7. The van der Waals surface area contributed by atoms with E-state index in [1.807, 2.05) is 58.3 Å². The van der Waals surface area contributed by atoms with Crippen molar-refractivity contribution < 1.29 is 54.1 Å². The van der Waals surface area contributed by atoms with Gasteiger partial charge >= 0.3 is 25.2 Å². The van der Waals surface area contributed by atoms with Crippen molar-refractivity contribution in [1.29, 1.82) is 0 Å². The molecule has 0 unspecified atom stereocenters. The predicted octanol–water partition coefficient (Wildman–Crippen LogP) is 2.20. The van der Waals surface area contributed by atoms with Crippen molar-refractivity contribution in [3.05, 3.63) is 162 Å². The number of nitrogens with zero attached hydrogens (tertiary/aromatic N) is 8. The Morgan fingerprint density at radius 1 is 0.549 bits per heavy atom. The first-order valence-corrected chi connectivity index (χ1v) is 31.5. The van der Waals surface area contributed by atoms with Crippen LogP contribution in [0.3, 0.4) is 0 Å². The molecule has 0 amide bonds. The minimum Gasteiger partial charge on any atom is -0.486 e. The molecule has 2 aliphatic heterocycles. The Bertz CT molecular complexity index is 3610. The predicted molar refractivity (Wildman–Crippen MR) is 316 cm³/mol. The van der Waals surface area contributed by atoms with Crippen molar-refractivity contribution in [1.82, 2.24) is 37.4 Å². The molecule has 0 atom stereocenters. The van der Waals surface area contributed by atoms with Crippen LogP contribution in [0.4, 0.5) is 11.4 Å². The van der Waals surface area contributed by atoms with Gasteiger partial charge in [0.2, 0.25) is 11.5 Å². The Hall–Kier alpha value is -5.92. The minimum atomic E-state index is -3.87. The molecule has 24 nitrogen and oxygen atoms in total. The molecule has 0 aliphatic carbocycles. The van der Waals surface area contributed by atoms with Crippen LogP contribution < -0.4 is 39.7 Å². The van der Waals surface area contributed by atoms with Crippen LogP contribution in [0.2, 0.25) is 23.7 Å². The fourth-order valence-electron chi connectivity index (χ4n) is 8.95. The second-order valence-electron chi connectivity index (χ2n) is 19.1. The van der Waals surface area contributed by atoms with Gasteiger partial charge in [0.1, 0.15) is 11.4 Å². The molecule has 2 saturated heterocycles. The largest absolute Gasteiger partial charge is 0.486 e. The molecule has 0 saturated carbocycles. The van der Waals surface area contributed by atoms with Gasteiger partial charge in [-0.3, -0.25) is 13.8 Å². The number of rotatable bonds is 24. The van der Waals surface area contributed by atoms with Crippen molar-refractivity contribution in [2.45, 2.75) is 39.3 Å². The molecule has 0 radical (unpaired) electrons. The summed E-state index contributed by atoms with van der Waals surface area (Å²) >= 11 is 12.3. The van der Waals surface area contributed by atoms with Gasteiger partial charge in [-0.2, -0.15) is 53.4 Å². The van der Waals surface area contributed by atoms with Crippen LogP contribution in [0.15, 0.2) is 119 Å². The second-order valence-corrected chi connectivity index (χ2v) is 25.0. The molecule has 2 aromatic heterocycles. The van der Waals surface area contributed by atoms with E-state index in [9.17, 15) is 50.0 Å². The zero-order chi connectivity index (χ0) is 59.2. The molecule has 4 heterocycles. The molecule has 440 valence electrons. The Morgan fingerprint density at radius 2 is 0.915 bits per heavy atom. The van der Waals surface area contributed by atoms with Gasteiger partial charge in [0.05, 0.1) is 49.8 Å². The molecular formula is C51H64B2Cl2N10O14S3. The number of aliphatic hydroxyl groups excluding tert-OH is 1. The number of hydrogen-bond acceptors (Lipinski definition) is 18. The summed E-state index contributed by atoms with van der Waals surface area (Å²) in [6.07, 6.45) is 6.02. The summed E-state index contributed by atoms with van der Waals surface area (Å²) in [5.74, 6) is 0.168. The van der Waals surface area contributed by atoms with E-state index in [0.29, 0.717) is 71.6 Å². The topological polar surface area (TPSA) is 298 Å². The molecule has 0 bridgehead atoms. The van der Waals surface area contributed by atoms with Crippen LogP contribution in [0.25, 0.3) is 11.4 Å². The summed E-state index contributed by atoms with van der Waals surface area (Å²) in [6.45, 7) is 4.77. The number of hydrogen-bond donors (Lipinski definition) is 5. The lowest BCUT2D eigenvalue weighted by atomic mass is 9.92. The first-order valence-electron chi connectivity index (χ1n) is 26.0. The average Bonchev–Trinajstić information content (AvgIpc) is 3.21. The zero-order valence-corrected chi connectivity index (χ0v) is 49.2. The number of piperazine rings is 2.